The lowest BCUT2D eigenvalue weighted by molar-refractivity contribution is -0.122. The molecule has 7 heteroatoms. The maximum Gasteiger partial charge on any atom is 0.339 e. The quantitative estimate of drug-likeness (QED) is 0.633. The van der Waals surface area contributed by atoms with E-state index in [4.69, 9.17) is 4.74 Å². The highest BCUT2D eigenvalue weighted by molar-refractivity contribution is 7.98. The van der Waals surface area contributed by atoms with E-state index in [1.54, 1.807) is 40.9 Å². The van der Waals surface area contributed by atoms with Gasteiger partial charge in [-0.3, -0.25) is 9.59 Å². The van der Waals surface area contributed by atoms with Gasteiger partial charge in [-0.25, -0.2) is 4.79 Å². The van der Waals surface area contributed by atoms with Gasteiger partial charge in [0.2, 0.25) is 11.8 Å². The number of amides is 2. The molecule has 0 radical (unpaired) electrons. The number of para-hydroxylation sites is 1. The molecular weight excluding hydrogens is 364 g/mol. The highest BCUT2D eigenvalue weighted by atomic mass is 32.2. The number of hydrogen-bond donors (Lipinski definition) is 1. The highest BCUT2D eigenvalue weighted by Crippen LogP contribution is 2.28. The van der Waals surface area contributed by atoms with Crippen LogP contribution in [-0.4, -0.2) is 37.7 Å². The summed E-state index contributed by atoms with van der Waals surface area (Å²) in [6.45, 7) is 0.309. The number of nitrogens with one attached hydrogen (secondary N) is 1. The molecule has 1 unspecified atom stereocenters. The molecule has 1 aliphatic heterocycles. The Morgan fingerprint density at radius 1 is 1.15 bits per heavy atom. The Balaban J connectivity index is 1.72. The Kier molecular flexibility index (Phi) is 5.81. The van der Waals surface area contributed by atoms with Crippen LogP contribution in [0.3, 0.4) is 0 Å². The van der Waals surface area contributed by atoms with Gasteiger partial charge in [0.05, 0.1) is 24.3 Å². The molecule has 6 nitrogen and oxygen atoms in total. The molecule has 1 atom stereocenters. The number of thioether (sulfide) groups is 1. The second kappa shape index (κ2) is 8.26. The van der Waals surface area contributed by atoms with E-state index >= 15 is 0 Å². The smallest absolute Gasteiger partial charge is 0.339 e. The van der Waals surface area contributed by atoms with E-state index in [0.717, 1.165) is 10.6 Å². The SMILES string of the molecule is COC(=O)c1ccccc1NC(=O)C1CC(=O)N(c2ccc(SC)cc2)C1. The van der Waals surface area contributed by atoms with Crippen molar-refractivity contribution in [1.29, 1.82) is 0 Å². The average Bonchev–Trinajstić information content (AvgIpc) is 3.09. The maximum absolute atomic E-state index is 12.7. The first-order valence-corrected chi connectivity index (χ1v) is 9.68. The zero-order valence-corrected chi connectivity index (χ0v) is 15.9. The van der Waals surface area contributed by atoms with E-state index in [9.17, 15) is 14.4 Å². The third-order valence-electron chi connectivity index (χ3n) is 4.47. The van der Waals surface area contributed by atoms with E-state index in [1.807, 2.05) is 30.5 Å². The van der Waals surface area contributed by atoms with Gasteiger partial charge in [-0.2, -0.15) is 0 Å². The number of rotatable bonds is 5. The number of methoxy groups -OCH3 is 1. The van der Waals surface area contributed by atoms with E-state index < -0.39 is 11.9 Å². The third kappa shape index (κ3) is 4.14. The topological polar surface area (TPSA) is 75.7 Å². The van der Waals surface area contributed by atoms with Gasteiger partial charge in [0.25, 0.3) is 0 Å². The van der Waals surface area contributed by atoms with Crippen molar-refractivity contribution < 1.29 is 19.1 Å². The molecular formula is C20H20N2O4S. The molecule has 0 saturated carbocycles. The van der Waals surface area contributed by atoms with E-state index in [2.05, 4.69) is 5.32 Å². The third-order valence-corrected chi connectivity index (χ3v) is 5.21. The molecule has 0 bridgehead atoms. The highest BCUT2D eigenvalue weighted by Gasteiger charge is 2.35. The minimum Gasteiger partial charge on any atom is -0.465 e. The molecule has 140 valence electrons. The van der Waals surface area contributed by atoms with Gasteiger partial charge < -0.3 is 15.0 Å². The summed E-state index contributed by atoms with van der Waals surface area (Å²) >= 11 is 1.63. The monoisotopic (exact) mass is 384 g/mol. The van der Waals surface area contributed by atoms with Gasteiger partial charge in [-0.15, -0.1) is 11.8 Å². The first kappa shape index (κ1) is 19.0. The Labute approximate surface area is 161 Å². The molecule has 1 aliphatic rings. The Morgan fingerprint density at radius 3 is 2.52 bits per heavy atom. The Hall–Kier alpha value is -2.80. The summed E-state index contributed by atoms with van der Waals surface area (Å²) in [5, 5.41) is 2.76. The summed E-state index contributed by atoms with van der Waals surface area (Å²) < 4.78 is 4.74. The van der Waals surface area contributed by atoms with Crippen LogP contribution in [0.4, 0.5) is 11.4 Å². The zero-order valence-electron chi connectivity index (χ0n) is 15.1. The summed E-state index contributed by atoms with van der Waals surface area (Å²) in [6, 6.07) is 14.3. The van der Waals surface area contributed by atoms with E-state index in [1.165, 1.54) is 7.11 Å². The summed E-state index contributed by atoms with van der Waals surface area (Å²) in [7, 11) is 1.29. The van der Waals surface area contributed by atoms with Crippen LogP contribution in [0.25, 0.3) is 0 Å². The standard InChI is InChI=1S/C20H20N2O4S/c1-26-20(25)16-5-3-4-6-17(16)21-19(24)13-11-18(23)22(12-13)14-7-9-15(27-2)10-8-14/h3-10,13H,11-12H2,1-2H3,(H,21,24). The van der Waals surface area contributed by atoms with Gasteiger partial charge >= 0.3 is 5.97 Å². The fourth-order valence-corrected chi connectivity index (χ4v) is 3.42. The number of hydrogen-bond acceptors (Lipinski definition) is 5. The first-order chi connectivity index (χ1) is 13.0. The van der Waals surface area contributed by atoms with Gasteiger partial charge in [-0.1, -0.05) is 12.1 Å². The molecule has 2 aromatic carbocycles. The normalized spacial score (nSPS) is 16.3. The van der Waals surface area contributed by atoms with E-state index in [-0.39, 0.29) is 23.8 Å². The van der Waals surface area contributed by atoms with Crippen molar-refractivity contribution >= 4 is 40.9 Å². The van der Waals surface area contributed by atoms with Crippen molar-refractivity contribution in [1.82, 2.24) is 0 Å². The largest absolute Gasteiger partial charge is 0.465 e. The Bertz CT molecular complexity index is 867. The van der Waals surface area contributed by atoms with Crippen molar-refractivity contribution in [3.63, 3.8) is 0 Å². The van der Waals surface area contributed by atoms with Crippen LogP contribution in [0.1, 0.15) is 16.8 Å². The van der Waals surface area contributed by atoms with Crippen molar-refractivity contribution in [2.45, 2.75) is 11.3 Å². The average molecular weight is 384 g/mol. The van der Waals surface area contributed by atoms with Crippen LogP contribution in [0, 0.1) is 5.92 Å². The minimum atomic E-state index is -0.524. The van der Waals surface area contributed by atoms with Crippen LogP contribution in [0.15, 0.2) is 53.4 Å². The first-order valence-electron chi connectivity index (χ1n) is 8.46. The van der Waals surface area contributed by atoms with Crippen LogP contribution in [0.2, 0.25) is 0 Å². The molecule has 1 saturated heterocycles. The lowest BCUT2D eigenvalue weighted by Gasteiger charge is -2.17. The summed E-state index contributed by atoms with van der Waals surface area (Å²) in [5.41, 5.74) is 1.44. The molecule has 0 spiro atoms. The predicted molar refractivity (Wildman–Crippen MR) is 105 cm³/mol. The summed E-state index contributed by atoms with van der Waals surface area (Å²) in [6.07, 6.45) is 2.12. The number of carbonyl (C=O) groups excluding carboxylic acids is 3. The van der Waals surface area contributed by atoms with Crippen LogP contribution < -0.4 is 10.2 Å². The number of benzene rings is 2. The van der Waals surface area contributed by atoms with Crippen molar-refractivity contribution in [3.05, 3.63) is 54.1 Å². The van der Waals surface area contributed by atoms with Gasteiger partial charge in [0.1, 0.15) is 0 Å². The number of esters is 1. The molecule has 27 heavy (non-hydrogen) atoms. The molecule has 1 N–H and O–H groups in total. The lowest BCUT2D eigenvalue weighted by atomic mass is 10.1. The molecule has 2 aromatic rings. The van der Waals surface area contributed by atoms with Crippen LogP contribution in [-0.2, 0) is 14.3 Å². The van der Waals surface area contributed by atoms with Gasteiger partial charge in [0.15, 0.2) is 0 Å². The zero-order chi connectivity index (χ0) is 19.4. The molecule has 1 fully saturated rings. The Morgan fingerprint density at radius 2 is 1.85 bits per heavy atom. The van der Waals surface area contributed by atoms with Gasteiger partial charge in [0, 0.05) is 23.5 Å². The predicted octanol–water partition coefficient (Wildman–Crippen LogP) is 3.19. The number of nitrogens with zero attached hydrogens (tertiary/aromatic N) is 1. The van der Waals surface area contributed by atoms with Crippen molar-refractivity contribution in [2.75, 3.05) is 30.1 Å². The van der Waals surface area contributed by atoms with Crippen LogP contribution >= 0.6 is 11.8 Å². The number of anilines is 2. The molecule has 0 aliphatic carbocycles. The summed E-state index contributed by atoms with van der Waals surface area (Å²) in [4.78, 5) is 39.6. The van der Waals surface area contributed by atoms with Gasteiger partial charge in [-0.05, 0) is 42.7 Å². The molecule has 3 rings (SSSR count). The fourth-order valence-electron chi connectivity index (χ4n) is 3.01. The fraction of sp³-hybridized carbons (Fsp3) is 0.250. The van der Waals surface area contributed by atoms with Crippen molar-refractivity contribution in [2.24, 2.45) is 5.92 Å². The lowest BCUT2D eigenvalue weighted by Crippen LogP contribution is -2.28. The summed E-state index contributed by atoms with van der Waals surface area (Å²) in [5.74, 6) is -1.39. The number of ether oxygens (including phenoxy) is 1. The molecule has 1 heterocycles. The molecule has 0 aromatic heterocycles. The maximum atomic E-state index is 12.7. The molecule has 2 amide bonds. The van der Waals surface area contributed by atoms with E-state index in [0.29, 0.717) is 12.2 Å². The van der Waals surface area contributed by atoms with Crippen LogP contribution in [0.5, 0.6) is 0 Å². The minimum absolute atomic E-state index is 0.0895. The second-order valence-corrected chi connectivity index (χ2v) is 7.01. The number of carbonyl (C=O) groups is 3. The van der Waals surface area contributed by atoms with Crippen molar-refractivity contribution in [3.8, 4) is 0 Å². The second-order valence-electron chi connectivity index (χ2n) is 6.13.